The molecular weight excluding hydrogens is 290 g/mol. The minimum atomic E-state index is -0.402. The maximum Gasteiger partial charge on any atom is 0.225 e. The first-order valence-electron chi connectivity index (χ1n) is 6.73. The third kappa shape index (κ3) is 2.94. The Morgan fingerprint density at radius 3 is 2.81 bits per heavy atom. The molecule has 2 aromatic rings. The fraction of sp³-hybridized carbons (Fsp3) is 0.333. The van der Waals surface area contributed by atoms with Gasteiger partial charge in [-0.05, 0) is 24.1 Å². The first-order valence-corrected chi connectivity index (χ1v) is 7.11. The largest absolute Gasteiger partial charge is 0.497 e. The Labute approximate surface area is 128 Å². The zero-order chi connectivity index (χ0) is 14.8. The fourth-order valence-corrected chi connectivity index (χ4v) is 2.75. The van der Waals surface area contributed by atoms with E-state index in [9.17, 15) is 5.11 Å². The van der Waals surface area contributed by atoms with Crippen LogP contribution in [0.3, 0.4) is 0 Å². The van der Waals surface area contributed by atoms with Gasteiger partial charge in [0, 0.05) is 6.54 Å². The molecule has 21 heavy (non-hydrogen) atoms. The highest BCUT2D eigenvalue weighted by Crippen LogP contribution is 2.35. The van der Waals surface area contributed by atoms with Crippen molar-refractivity contribution >= 4 is 17.5 Å². The van der Waals surface area contributed by atoms with Crippen LogP contribution in [0.1, 0.15) is 18.0 Å². The molecule has 5 nitrogen and oxygen atoms in total. The molecule has 3 rings (SSSR count). The summed E-state index contributed by atoms with van der Waals surface area (Å²) in [5, 5.41) is 10.5. The van der Waals surface area contributed by atoms with Crippen molar-refractivity contribution in [2.45, 2.75) is 18.6 Å². The van der Waals surface area contributed by atoms with E-state index in [1.165, 1.54) is 0 Å². The number of aromatic nitrogens is 2. The maximum absolute atomic E-state index is 10.0. The minimum absolute atomic E-state index is 0.0243. The lowest BCUT2D eigenvalue weighted by Gasteiger charge is -2.24. The van der Waals surface area contributed by atoms with Gasteiger partial charge in [0.15, 0.2) is 0 Å². The number of methoxy groups -OCH3 is 1. The van der Waals surface area contributed by atoms with Crippen molar-refractivity contribution in [3.8, 4) is 5.75 Å². The molecule has 2 atom stereocenters. The predicted molar refractivity (Wildman–Crippen MR) is 80.7 cm³/mol. The van der Waals surface area contributed by atoms with Crippen LogP contribution in [0.4, 0.5) is 5.95 Å². The van der Waals surface area contributed by atoms with Gasteiger partial charge in [-0.2, -0.15) is 0 Å². The standard InChI is InChI=1S/C15H16ClN3O2/c1-21-13-4-2-3-10(5-13)14-6-12(20)9-19(14)15-17-7-11(16)8-18-15/h2-5,7-8,12,14,20H,6,9H2,1H3/t12-,14+/m0/s1. The molecule has 0 amide bonds. The summed E-state index contributed by atoms with van der Waals surface area (Å²) >= 11 is 5.83. The second kappa shape index (κ2) is 5.87. The molecule has 0 radical (unpaired) electrons. The average Bonchev–Trinajstić information content (AvgIpc) is 2.90. The summed E-state index contributed by atoms with van der Waals surface area (Å²) in [4.78, 5) is 10.5. The summed E-state index contributed by atoms with van der Waals surface area (Å²) < 4.78 is 5.27. The van der Waals surface area contributed by atoms with Gasteiger partial charge >= 0.3 is 0 Å². The van der Waals surface area contributed by atoms with Crippen LogP contribution < -0.4 is 9.64 Å². The van der Waals surface area contributed by atoms with Crippen molar-refractivity contribution < 1.29 is 9.84 Å². The van der Waals surface area contributed by atoms with Crippen molar-refractivity contribution in [1.29, 1.82) is 0 Å². The Balaban J connectivity index is 1.93. The summed E-state index contributed by atoms with van der Waals surface area (Å²) in [6.45, 7) is 0.503. The van der Waals surface area contributed by atoms with Crippen molar-refractivity contribution in [1.82, 2.24) is 9.97 Å². The fourth-order valence-electron chi connectivity index (χ4n) is 2.65. The number of hydrogen-bond acceptors (Lipinski definition) is 5. The van der Waals surface area contributed by atoms with Gasteiger partial charge in [-0.3, -0.25) is 0 Å². The lowest BCUT2D eigenvalue weighted by atomic mass is 10.0. The van der Waals surface area contributed by atoms with Crippen LogP contribution in [0.5, 0.6) is 5.75 Å². The van der Waals surface area contributed by atoms with Crippen LogP contribution in [-0.2, 0) is 0 Å². The predicted octanol–water partition coefficient (Wildman–Crippen LogP) is 2.45. The van der Waals surface area contributed by atoms with E-state index in [1.807, 2.05) is 29.2 Å². The first-order chi connectivity index (χ1) is 10.2. The van der Waals surface area contributed by atoms with Crippen LogP contribution >= 0.6 is 11.6 Å². The number of aliphatic hydroxyl groups is 1. The molecule has 1 aliphatic rings. The minimum Gasteiger partial charge on any atom is -0.497 e. The number of benzene rings is 1. The van der Waals surface area contributed by atoms with E-state index >= 15 is 0 Å². The molecular formula is C15H16ClN3O2. The second-order valence-electron chi connectivity index (χ2n) is 5.04. The van der Waals surface area contributed by atoms with E-state index in [2.05, 4.69) is 9.97 Å². The molecule has 110 valence electrons. The normalized spacial score (nSPS) is 21.6. The van der Waals surface area contributed by atoms with E-state index in [-0.39, 0.29) is 6.04 Å². The molecule has 6 heteroatoms. The quantitative estimate of drug-likeness (QED) is 0.944. The molecule has 0 saturated carbocycles. The third-order valence-corrected chi connectivity index (χ3v) is 3.82. The van der Waals surface area contributed by atoms with Gasteiger partial charge in [0.1, 0.15) is 5.75 Å². The number of hydrogen-bond donors (Lipinski definition) is 1. The van der Waals surface area contributed by atoms with E-state index in [1.54, 1.807) is 19.5 Å². The molecule has 1 aromatic carbocycles. The van der Waals surface area contributed by atoms with Gasteiger partial charge in [0.2, 0.25) is 5.95 Å². The molecule has 1 aliphatic heterocycles. The SMILES string of the molecule is COc1cccc([C@H]2C[C@H](O)CN2c2ncc(Cl)cn2)c1. The lowest BCUT2D eigenvalue weighted by molar-refractivity contribution is 0.194. The third-order valence-electron chi connectivity index (χ3n) is 3.62. The van der Waals surface area contributed by atoms with Gasteiger partial charge in [-0.25, -0.2) is 9.97 Å². The molecule has 2 heterocycles. The molecule has 1 N–H and O–H groups in total. The van der Waals surface area contributed by atoms with E-state index in [0.717, 1.165) is 11.3 Å². The number of β-amino-alcohol motifs (C(OH)–C–C–N with tert-alkyl or cyclic N) is 1. The zero-order valence-electron chi connectivity index (χ0n) is 11.6. The second-order valence-corrected chi connectivity index (χ2v) is 5.47. The van der Waals surface area contributed by atoms with Crippen LogP contribution in [0, 0.1) is 0 Å². The highest BCUT2D eigenvalue weighted by Gasteiger charge is 2.33. The van der Waals surface area contributed by atoms with Crippen LogP contribution in [0.15, 0.2) is 36.7 Å². The van der Waals surface area contributed by atoms with Crippen molar-refractivity contribution in [2.24, 2.45) is 0 Å². The molecule has 0 bridgehead atoms. The Morgan fingerprint density at radius 1 is 1.33 bits per heavy atom. The van der Waals surface area contributed by atoms with Crippen molar-refractivity contribution in [3.05, 3.63) is 47.2 Å². The highest BCUT2D eigenvalue weighted by atomic mass is 35.5. The maximum atomic E-state index is 10.0. The van der Waals surface area contributed by atoms with Crippen LogP contribution in [0.2, 0.25) is 5.02 Å². The number of halogens is 1. The summed E-state index contributed by atoms with van der Waals surface area (Å²) in [6, 6.07) is 7.87. The molecule has 0 spiro atoms. The van der Waals surface area contributed by atoms with Crippen molar-refractivity contribution in [3.63, 3.8) is 0 Å². The number of nitrogens with zero attached hydrogens (tertiary/aromatic N) is 3. The van der Waals surface area contributed by atoms with Crippen LogP contribution in [0.25, 0.3) is 0 Å². The number of rotatable bonds is 3. The number of anilines is 1. The number of ether oxygens (including phenoxy) is 1. The molecule has 0 aliphatic carbocycles. The van der Waals surface area contributed by atoms with E-state index < -0.39 is 6.10 Å². The van der Waals surface area contributed by atoms with Gasteiger partial charge in [-0.1, -0.05) is 23.7 Å². The average molecular weight is 306 g/mol. The van der Waals surface area contributed by atoms with Crippen molar-refractivity contribution in [2.75, 3.05) is 18.6 Å². The van der Waals surface area contributed by atoms with Crippen LogP contribution in [-0.4, -0.2) is 34.8 Å². The monoisotopic (exact) mass is 305 g/mol. The highest BCUT2D eigenvalue weighted by molar-refractivity contribution is 6.30. The Bertz CT molecular complexity index is 621. The summed E-state index contributed by atoms with van der Waals surface area (Å²) in [6.07, 6.45) is 3.37. The van der Waals surface area contributed by atoms with Gasteiger partial charge < -0.3 is 14.7 Å². The van der Waals surface area contributed by atoms with E-state index in [0.29, 0.717) is 23.9 Å². The first kappa shape index (κ1) is 14.1. The molecule has 1 fully saturated rings. The molecule has 0 unspecified atom stereocenters. The van der Waals surface area contributed by atoms with Gasteiger partial charge in [0.25, 0.3) is 0 Å². The number of aliphatic hydroxyl groups excluding tert-OH is 1. The Kier molecular flexibility index (Phi) is 3.94. The molecule has 1 aromatic heterocycles. The smallest absolute Gasteiger partial charge is 0.225 e. The zero-order valence-corrected chi connectivity index (χ0v) is 12.4. The molecule has 1 saturated heterocycles. The summed E-state index contributed by atoms with van der Waals surface area (Å²) in [5.74, 6) is 1.37. The Hall–Kier alpha value is -1.85. The summed E-state index contributed by atoms with van der Waals surface area (Å²) in [5.41, 5.74) is 1.07. The topological polar surface area (TPSA) is 58.5 Å². The summed E-state index contributed by atoms with van der Waals surface area (Å²) in [7, 11) is 1.64. The van der Waals surface area contributed by atoms with Gasteiger partial charge in [-0.15, -0.1) is 0 Å². The lowest BCUT2D eigenvalue weighted by Crippen LogP contribution is -2.26. The Morgan fingerprint density at radius 2 is 2.10 bits per heavy atom. The van der Waals surface area contributed by atoms with Gasteiger partial charge in [0.05, 0.1) is 36.7 Å². The van der Waals surface area contributed by atoms with E-state index in [4.69, 9.17) is 16.3 Å².